The lowest BCUT2D eigenvalue weighted by atomic mass is 10.1. The molecule has 0 unspecified atom stereocenters. The molecule has 1 aliphatic heterocycles. The number of ketones is 1. The van der Waals surface area contributed by atoms with E-state index in [0.717, 1.165) is 39.2 Å². The van der Waals surface area contributed by atoms with Crippen molar-refractivity contribution in [2.24, 2.45) is 0 Å². The van der Waals surface area contributed by atoms with Crippen LogP contribution in [0.1, 0.15) is 12.5 Å². The van der Waals surface area contributed by atoms with Gasteiger partial charge < -0.3 is 20.3 Å². The average molecular weight is 560 g/mol. The molecule has 1 aliphatic rings. The van der Waals surface area contributed by atoms with Gasteiger partial charge in [-0.2, -0.15) is 0 Å². The molecular weight excluding hydrogens is 530 g/mol. The lowest BCUT2D eigenvalue weighted by molar-refractivity contribution is -0.116. The van der Waals surface area contributed by atoms with Gasteiger partial charge in [0, 0.05) is 54.4 Å². The predicted molar refractivity (Wildman–Crippen MR) is 163 cm³/mol. The third kappa shape index (κ3) is 6.24. The quantitative estimate of drug-likeness (QED) is 0.273. The van der Waals surface area contributed by atoms with Crippen LogP contribution in [0.25, 0.3) is 33.7 Å². The Morgan fingerprint density at radius 3 is 2.24 bits per heavy atom. The zero-order valence-corrected chi connectivity index (χ0v) is 23.1. The van der Waals surface area contributed by atoms with Crippen molar-refractivity contribution in [3.05, 3.63) is 90.8 Å². The van der Waals surface area contributed by atoms with Crippen LogP contribution in [0.2, 0.25) is 0 Å². The number of aromatic nitrogens is 4. The number of anilines is 3. The molecule has 1 fully saturated rings. The Balaban J connectivity index is 1.24. The second kappa shape index (κ2) is 12.1. The average Bonchev–Trinajstić information content (AvgIpc) is 3.02. The van der Waals surface area contributed by atoms with Crippen molar-refractivity contribution < 1.29 is 14.3 Å². The van der Waals surface area contributed by atoms with Gasteiger partial charge in [-0.25, -0.2) is 19.7 Å². The summed E-state index contributed by atoms with van der Waals surface area (Å²) in [6.45, 7) is 4.23. The molecule has 6 rings (SSSR count). The number of carbonyl (C=O) groups excluding carboxylic acids is 2. The van der Waals surface area contributed by atoms with E-state index in [1.165, 1.54) is 0 Å². The molecule has 2 N–H and O–H groups in total. The van der Waals surface area contributed by atoms with E-state index in [2.05, 4.69) is 20.5 Å². The molecule has 42 heavy (non-hydrogen) atoms. The summed E-state index contributed by atoms with van der Waals surface area (Å²) < 4.78 is 5.56. The minimum absolute atomic E-state index is 0.0919. The Bertz CT molecular complexity index is 1720. The van der Waals surface area contributed by atoms with E-state index < -0.39 is 0 Å². The standard InChI is InChI=1S/C32H29N7O3/c1-21(40)18-22-5-9-25(10-6-22)35-32(41)36-26-11-7-23(8-12-26)30-37-28-19-24(27-4-2-3-13-33-27)20-34-29(28)31(38-30)39-14-16-42-17-15-39/h2-13,19-20H,14-18H2,1H3,(H2,35,36,41). The van der Waals surface area contributed by atoms with Crippen LogP contribution in [0, 0.1) is 0 Å². The summed E-state index contributed by atoms with van der Waals surface area (Å²) in [7, 11) is 0. The number of hydrogen-bond acceptors (Lipinski definition) is 8. The van der Waals surface area contributed by atoms with Crippen molar-refractivity contribution in [1.82, 2.24) is 19.9 Å². The van der Waals surface area contributed by atoms with E-state index in [-0.39, 0.29) is 11.8 Å². The fourth-order valence-electron chi connectivity index (χ4n) is 4.79. The van der Waals surface area contributed by atoms with E-state index in [0.29, 0.717) is 49.9 Å². The van der Waals surface area contributed by atoms with E-state index in [1.54, 1.807) is 25.3 Å². The van der Waals surface area contributed by atoms with Crippen molar-refractivity contribution in [3.8, 4) is 22.6 Å². The van der Waals surface area contributed by atoms with Crippen LogP contribution in [0.3, 0.4) is 0 Å². The van der Waals surface area contributed by atoms with Gasteiger partial charge in [-0.15, -0.1) is 0 Å². The van der Waals surface area contributed by atoms with Gasteiger partial charge in [0.1, 0.15) is 11.3 Å². The van der Waals surface area contributed by atoms with Crippen molar-refractivity contribution >= 4 is 40.0 Å². The summed E-state index contributed by atoms with van der Waals surface area (Å²) in [5.74, 6) is 1.42. The number of hydrogen-bond donors (Lipinski definition) is 2. The molecule has 1 saturated heterocycles. The van der Waals surface area contributed by atoms with Gasteiger partial charge in [0.2, 0.25) is 0 Å². The minimum Gasteiger partial charge on any atom is -0.378 e. The number of fused-ring (bicyclic) bond motifs is 1. The first kappa shape index (κ1) is 27.0. The van der Waals surface area contributed by atoms with Gasteiger partial charge in [0.25, 0.3) is 0 Å². The summed E-state index contributed by atoms with van der Waals surface area (Å²) in [6.07, 6.45) is 3.94. The van der Waals surface area contributed by atoms with Crippen molar-refractivity contribution in [2.45, 2.75) is 13.3 Å². The summed E-state index contributed by atoms with van der Waals surface area (Å²) in [5.41, 5.74) is 6.11. The molecule has 5 aromatic rings. The zero-order chi connectivity index (χ0) is 28.9. The Kier molecular flexibility index (Phi) is 7.78. The summed E-state index contributed by atoms with van der Waals surface area (Å²) in [5, 5.41) is 5.66. The number of morpholine rings is 1. The lowest BCUT2D eigenvalue weighted by Crippen LogP contribution is -2.37. The van der Waals surface area contributed by atoms with E-state index in [9.17, 15) is 9.59 Å². The van der Waals surface area contributed by atoms with Crippen LogP contribution in [-0.4, -0.2) is 58.1 Å². The summed E-state index contributed by atoms with van der Waals surface area (Å²) in [6, 6.07) is 22.0. The van der Waals surface area contributed by atoms with E-state index >= 15 is 0 Å². The van der Waals surface area contributed by atoms with Crippen molar-refractivity contribution in [2.75, 3.05) is 41.8 Å². The first-order valence-electron chi connectivity index (χ1n) is 13.7. The fraction of sp³-hybridized carbons (Fsp3) is 0.188. The molecule has 0 saturated carbocycles. The maximum atomic E-state index is 12.6. The number of Topliss-reactive ketones (excluding diaryl/α,β-unsaturated/α-hetero) is 1. The monoisotopic (exact) mass is 559 g/mol. The number of nitrogens with zero attached hydrogens (tertiary/aromatic N) is 5. The fourth-order valence-corrected chi connectivity index (χ4v) is 4.79. The highest BCUT2D eigenvalue weighted by Gasteiger charge is 2.20. The molecule has 2 aromatic carbocycles. The molecule has 0 atom stereocenters. The molecule has 10 heteroatoms. The van der Waals surface area contributed by atoms with Crippen LogP contribution in [-0.2, 0) is 16.0 Å². The summed E-state index contributed by atoms with van der Waals surface area (Å²) >= 11 is 0. The first-order valence-corrected chi connectivity index (χ1v) is 13.7. The molecule has 3 aromatic heterocycles. The Hall–Kier alpha value is -5.22. The van der Waals surface area contributed by atoms with Crippen LogP contribution < -0.4 is 15.5 Å². The molecule has 10 nitrogen and oxygen atoms in total. The van der Waals surface area contributed by atoms with Crippen molar-refractivity contribution in [3.63, 3.8) is 0 Å². The van der Waals surface area contributed by atoms with Crippen LogP contribution in [0.15, 0.2) is 85.2 Å². The Morgan fingerprint density at radius 2 is 1.57 bits per heavy atom. The topological polar surface area (TPSA) is 122 Å². The number of carbonyl (C=O) groups is 2. The summed E-state index contributed by atoms with van der Waals surface area (Å²) in [4.78, 5) is 45.1. The second-order valence-corrected chi connectivity index (χ2v) is 10.0. The van der Waals surface area contributed by atoms with Gasteiger partial charge in [-0.3, -0.25) is 9.78 Å². The third-order valence-corrected chi connectivity index (χ3v) is 6.85. The number of benzene rings is 2. The highest BCUT2D eigenvalue weighted by atomic mass is 16.5. The van der Waals surface area contributed by atoms with E-state index in [1.807, 2.05) is 66.9 Å². The highest BCUT2D eigenvalue weighted by molar-refractivity contribution is 6.00. The number of ether oxygens (including phenoxy) is 1. The molecule has 0 spiro atoms. The number of amides is 2. The molecular formula is C32H29N7O3. The van der Waals surface area contributed by atoms with Gasteiger partial charge >= 0.3 is 6.03 Å². The zero-order valence-electron chi connectivity index (χ0n) is 23.1. The molecule has 0 bridgehead atoms. The van der Waals surface area contributed by atoms with Crippen LogP contribution in [0.4, 0.5) is 22.0 Å². The maximum absolute atomic E-state index is 12.6. The molecule has 2 amide bonds. The van der Waals surface area contributed by atoms with Crippen LogP contribution >= 0.6 is 0 Å². The van der Waals surface area contributed by atoms with Gasteiger partial charge in [0.05, 0.1) is 24.4 Å². The van der Waals surface area contributed by atoms with Crippen molar-refractivity contribution in [1.29, 1.82) is 0 Å². The second-order valence-electron chi connectivity index (χ2n) is 10.0. The molecule has 4 heterocycles. The number of urea groups is 1. The molecule has 0 aliphatic carbocycles. The van der Waals surface area contributed by atoms with Gasteiger partial charge in [-0.05, 0) is 67.1 Å². The SMILES string of the molecule is CC(=O)Cc1ccc(NC(=O)Nc2ccc(-c3nc(N4CCOCC4)c4ncc(-c5ccccn5)cc4n3)cc2)cc1. The number of pyridine rings is 2. The third-order valence-electron chi connectivity index (χ3n) is 6.85. The molecule has 0 radical (unpaired) electrons. The highest BCUT2D eigenvalue weighted by Crippen LogP contribution is 2.30. The normalized spacial score (nSPS) is 13.1. The Morgan fingerprint density at radius 1 is 0.857 bits per heavy atom. The smallest absolute Gasteiger partial charge is 0.323 e. The predicted octanol–water partition coefficient (Wildman–Crippen LogP) is 5.37. The van der Waals surface area contributed by atoms with Crippen LogP contribution in [0.5, 0.6) is 0 Å². The van der Waals surface area contributed by atoms with Gasteiger partial charge in [-0.1, -0.05) is 18.2 Å². The Labute approximate surface area is 242 Å². The first-order chi connectivity index (χ1) is 20.5. The number of nitrogens with one attached hydrogen (secondary N) is 2. The van der Waals surface area contributed by atoms with E-state index in [4.69, 9.17) is 19.7 Å². The largest absolute Gasteiger partial charge is 0.378 e. The van der Waals surface area contributed by atoms with Gasteiger partial charge in [0.15, 0.2) is 11.6 Å². The minimum atomic E-state index is -0.369. The number of rotatable bonds is 7. The molecule has 210 valence electrons. The maximum Gasteiger partial charge on any atom is 0.323 e. The lowest BCUT2D eigenvalue weighted by Gasteiger charge is -2.28.